The Balaban J connectivity index is 1.35. The van der Waals surface area contributed by atoms with Crippen LogP contribution in [0.4, 0.5) is 11.4 Å². The number of anilines is 1. The van der Waals surface area contributed by atoms with Crippen LogP contribution in [0.5, 0.6) is 11.5 Å². The molecule has 1 N–H and O–H groups in total. The highest BCUT2D eigenvalue weighted by Crippen LogP contribution is 2.50. The lowest BCUT2D eigenvalue weighted by molar-refractivity contribution is 0.324. The standard InChI is InChI=1S/C30H29BrN2O2/c1-4-14-35-30-26(31)16-20(17-28(30)34-3)18-32-22-11-9-21(10-12-22)29-24-7-5-6-23(24)25-15-19(2)8-13-27(25)33-29/h4-6,8-13,15-18,23-24,29,33H,1,7,14H2,2-3H3/t23-,24+,29-/m0/s1. The molecule has 0 radical (unpaired) electrons. The van der Waals surface area contributed by atoms with Crippen molar-refractivity contribution in [2.45, 2.75) is 25.3 Å². The number of fused-ring (bicyclic) bond motifs is 3. The van der Waals surface area contributed by atoms with Gasteiger partial charge in [-0.05, 0) is 82.2 Å². The zero-order chi connectivity index (χ0) is 24.4. The lowest BCUT2D eigenvalue weighted by atomic mass is 9.76. The Morgan fingerprint density at radius 3 is 2.74 bits per heavy atom. The molecule has 0 saturated heterocycles. The van der Waals surface area contributed by atoms with E-state index in [0.29, 0.717) is 29.9 Å². The van der Waals surface area contributed by atoms with Gasteiger partial charge in [0.2, 0.25) is 0 Å². The number of nitrogens with one attached hydrogen (secondary N) is 1. The Kier molecular flexibility index (Phi) is 6.78. The average Bonchev–Trinajstić information content (AvgIpc) is 3.37. The summed E-state index contributed by atoms with van der Waals surface area (Å²) in [6.07, 6.45) is 9.36. The highest BCUT2D eigenvalue weighted by atomic mass is 79.9. The third-order valence-corrected chi connectivity index (χ3v) is 7.32. The number of halogens is 1. The third-order valence-electron chi connectivity index (χ3n) is 6.73. The highest BCUT2D eigenvalue weighted by Gasteiger charge is 2.37. The minimum Gasteiger partial charge on any atom is -0.493 e. The van der Waals surface area contributed by atoms with Gasteiger partial charge in [-0.15, -0.1) is 0 Å². The van der Waals surface area contributed by atoms with Crippen LogP contribution in [0.3, 0.4) is 0 Å². The predicted octanol–water partition coefficient (Wildman–Crippen LogP) is 7.91. The van der Waals surface area contributed by atoms with Crippen molar-refractivity contribution in [3.63, 3.8) is 0 Å². The molecule has 0 fully saturated rings. The van der Waals surface area contributed by atoms with Gasteiger partial charge in [0.25, 0.3) is 0 Å². The summed E-state index contributed by atoms with van der Waals surface area (Å²) in [7, 11) is 1.63. The monoisotopic (exact) mass is 528 g/mol. The summed E-state index contributed by atoms with van der Waals surface area (Å²) in [4.78, 5) is 4.69. The number of methoxy groups -OCH3 is 1. The van der Waals surface area contributed by atoms with Crippen LogP contribution in [0.25, 0.3) is 0 Å². The highest BCUT2D eigenvalue weighted by molar-refractivity contribution is 9.10. The Morgan fingerprint density at radius 2 is 1.97 bits per heavy atom. The molecule has 0 bridgehead atoms. The molecular formula is C30H29BrN2O2. The molecule has 178 valence electrons. The molecule has 0 amide bonds. The van der Waals surface area contributed by atoms with Crippen molar-refractivity contribution in [1.82, 2.24) is 0 Å². The smallest absolute Gasteiger partial charge is 0.175 e. The first-order valence-corrected chi connectivity index (χ1v) is 12.7. The molecule has 3 atom stereocenters. The summed E-state index contributed by atoms with van der Waals surface area (Å²) in [5, 5.41) is 3.81. The largest absolute Gasteiger partial charge is 0.493 e. The Morgan fingerprint density at radius 1 is 1.14 bits per heavy atom. The molecule has 1 aliphatic heterocycles. The van der Waals surface area contributed by atoms with Crippen molar-refractivity contribution < 1.29 is 9.47 Å². The average molecular weight is 529 g/mol. The second kappa shape index (κ2) is 10.1. The molecule has 0 aromatic heterocycles. The first kappa shape index (κ1) is 23.4. The van der Waals surface area contributed by atoms with Crippen LogP contribution in [-0.4, -0.2) is 19.9 Å². The Bertz CT molecular complexity index is 1300. The lowest BCUT2D eigenvalue weighted by Crippen LogP contribution is -2.29. The molecule has 5 rings (SSSR count). The molecule has 3 aromatic carbocycles. The molecule has 3 aromatic rings. The van der Waals surface area contributed by atoms with E-state index in [2.05, 4.69) is 89.4 Å². The van der Waals surface area contributed by atoms with Crippen LogP contribution in [0.2, 0.25) is 0 Å². The van der Waals surface area contributed by atoms with Gasteiger partial charge in [-0.1, -0.05) is 54.6 Å². The Labute approximate surface area is 215 Å². The third kappa shape index (κ3) is 4.78. The van der Waals surface area contributed by atoms with Gasteiger partial charge in [-0.2, -0.15) is 0 Å². The summed E-state index contributed by atoms with van der Waals surface area (Å²) in [5.41, 5.74) is 7.10. The number of benzene rings is 3. The van der Waals surface area contributed by atoms with Crippen LogP contribution in [0.15, 0.2) is 88.9 Å². The zero-order valence-corrected chi connectivity index (χ0v) is 21.6. The topological polar surface area (TPSA) is 42.8 Å². The van der Waals surface area contributed by atoms with Gasteiger partial charge in [0.15, 0.2) is 11.5 Å². The first-order valence-electron chi connectivity index (χ1n) is 11.9. The number of hydrogen-bond acceptors (Lipinski definition) is 4. The minimum atomic E-state index is 0.284. The molecule has 1 heterocycles. The summed E-state index contributed by atoms with van der Waals surface area (Å²) in [6, 6.07) is 19.5. The zero-order valence-electron chi connectivity index (χ0n) is 20.0. The number of aryl methyl sites for hydroxylation is 1. The molecule has 0 saturated carbocycles. The van der Waals surface area contributed by atoms with Gasteiger partial charge in [0.1, 0.15) is 6.61 Å². The molecule has 2 aliphatic rings. The fourth-order valence-corrected chi connectivity index (χ4v) is 5.63. The van der Waals surface area contributed by atoms with Crippen molar-refractivity contribution in [3.8, 4) is 11.5 Å². The normalized spacial score (nSPS) is 20.3. The second-order valence-corrected chi connectivity index (χ2v) is 9.90. The molecular weight excluding hydrogens is 500 g/mol. The van der Waals surface area contributed by atoms with E-state index in [1.807, 2.05) is 18.3 Å². The van der Waals surface area contributed by atoms with Gasteiger partial charge in [0.05, 0.1) is 23.3 Å². The van der Waals surface area contributed by atoms with E-state index in [1.165, 1.54) is 22.4 Å². The number of hydrogen-bond donors (Lipinski definition) is 1. The van der Waals surface area contributed by atoms with E-state index in [4.69, 9.17) is 14.5 Å². The maximum absolute atomic E-state index is 5.71. The number of allylic oxidation sites excluding steroid dienone is 2. The molecule has 35 heavy (non-hydrogen) atoms. The SMILES string of the molecule is C=CCOc1c(Br)cc(C=Nc2ccc([C@@H]3Nc4ccc(C)cc4[C@H]4C=CC[C@H]43)cc2)cc1OC. The fraction of sp³-hybridized carbons (Fsp3) is 0.233. The van der Waals surface area contributed by atoms with Crippen LogP contribution in [-0.2, 0) is 0 Å². The van der Waals surface area contributed by atoms with Gasteiger partial charge < -0.3 is 14.8 Å². The van der Waals surface area contributed by atoms with Gasteiger partial charge in [0, 0.05) is 17.8 Å². The van der Waals surface area contributed by atoms with E-state index < -0.39 is 0 Å². The second-order valence-electron chi connectivity index (χ2n) is 9.05. The van der Waals surface area contributed by atoms with Crippen molar-refractivity contribution in [2.24, 2.45) is 10.9 Å². The van der Waals surface area contributed by atoms with E-state index in [9.17, 15) is 0 Å². The van der Waals surface area contributed by atoms with Crippen LogP contribution in [0, 0.1) is 12.8 Å². The van der Waals surface area contributed by atoms with Crippen molar-refractivity contribution in [1.29, 1.82) is 0 Å². The van der Waals surface area contributed by atoms with Crippen LogP contribution < -0.4 is 14.8 Å². The lowest BCUT2D eigenvalue weighted by Gasteiger charge is -2.37. The number of ether oxygens (including phenoxy) is 2. The van der Waals surface area contributed by atoms with Gasteiger partial charge in [-0.3, -0.25) is 4.99 Å². The van der Waals surface area contributed by atoms with Crippen LogP contribution >= 0.6 is 15.9 Å². The molecule has 0 unspecified atom stereocenters. The van der Waals surface area contributed by atoms with E-state index in [1.54, 1.807) is 13.2 Å². The molecule has 1 aliphatic carbocycles. The van der Waals surface area contributed by atoms with Crippen LogP contribution in [0.1, 0.15) is 40.6 Å². The first-order chi connectivity index (χ1) is 17.1. The Hall–Kier alpha value is -3.31. The van der Waals surface area contributed by atoms with Gasteiger partial charge >= 0.3 is 0 Å². The quantitative estimate of drug-likeness (QED) is 0.250. The summed E-state index contributed by atoms with van der Waals surface area (Å²) in [6.45, 7) is 6.27. The number of aliphatic imine (C=N–C) groups is 1. The predicted molar refractivity (Wildman–Crippen MR) is 148 cm³/mol. The van der Waals surface area contributed by atoms with Crippen molar-refractivity contribution >= 4 is 33.5 Å². The maximum atomic E-state index is 5.71. The molecule has 5 heteroatoms. The summed E-state index contributed by atoms with van der Waals surface area (Å²) >= 11 is 3.57. The van der Waals surface area contributed by atoms with E-state index in [-0.39, 0.29) is 6.04 Å². The van der Waals surface area contributed by atoms with Gasteiger partial charge in [-0.25, -0.2) is 0 Å². The van der Waals surface area contributed by atoms with E-state index >= 15 is 0 Å². The number of rotatable bonds is 7. The summed E-state index contributed by atoms with van der Waals surface area (Å²) < 4.78 is 12.0. The summed E-state index contributed by atoms with van der Waals surface area (Å²) in [5.74, 6) is 2.31. The van der Waals surface area contributed by atoms with Crippen molar-refractivity contribution in [3.05, 3.63) is 106 Å². The number of nitrogens with zero attached hydrogens (tertiary/aromatic N) is 1. The molecule has 0 spiro atoms. The van der Waals surface area contributed by atoms with E-state index in [0.717, 1.165) is 22.1 Å². The molecule has 4 nitrogen and oxygen atoms in total. The minimum absolute atomic E-state index is 0.284. The van der Waals surface area contributed by atoms with Crippen molar-refractivity contribution in [2.75, 3.05) is 19.0 Å². The maximum Gasteiger partial charge on any atom is 0.175 e. The fourth-order valence-electron chi connectivity index (χ4n) is 5.06.